The topological polar surface area (TPSA) is 84.0 Å². The van der Waals surface area contributed by atoms with Crippen LogP contribution in [-0.4, -0.2) is 56.2 Å². The van der Waals surface area contributed by atoms with Gasteiger partial charge in [-0.15, -0.1) is 11.3 Å². The minimum atomic E-state index is -3.66. The number of hydrogen-bond donors (Lipinski definition) is 0. The first-order valence-corrected chi connectivity index (χ1v) is 12.2. The van der Waals surface area contributed by atoms with Gasteiger partial charge in [-0.1, -0.05) is 25.0 Å². The summed E-state index contributed by atoms with van der Waals surface area (Å²) in [6.07, 6.45) is 3.71. The summed E-state index contributed by atoms with van der Waals surface area (Å²) in [5, 5.41) is 1.93. The molecule has 1 aliphatic heterocycles. The van der Waals surface area contributed by atoms with Crippen LogP contribution in [0.1, 0.15) is 40.9 Å². The number of esters is 1. The maximum atomic E-state index is 12.9. The normalized spacial score (nSPS) is 15.4. The van der Waals surface area contributed by atoms with Crippen molar-refractivity contribution in [3.63, 3.8) is 0 Å². The van der Waals surface area contributed by atoms with Gasteiger partial charge in [0.2, 0.25) is 10.0 Å². The number of sulfonamides is 1. The Morgan fingerprint density at radius 2 is 1.83 bits per heavy atom. The van der Waals surface area contributed by atoms with E-state index in [-0.39, 0.29) is 16.4 Å². The van der Waals surface area contributed by atoms with Gasteiger partial charge in [-0.3, -0.25) is 4.79 Å². The average molecular weight is 451 g/mol. The van der Waals surface area contributed by atoms with Crippen LogP contribution in [-0.2, 0) is 26.1 Å². The summed E-state index contributed by atoms with van der Waals surface area (Å²) in [6, 6.07) is 9.65. The number of thiophene rings is 1. The molecule has 9 heteroatoms. The molecule has 3 rings (SSSR count). The van der Waals surface area contributed by atoms with Crippen LogP contribution >= 0.6 is 11.3 Å². The Balaban J connectivity index is 1.62. The number of benzene rings is 1. The summed E-state index contributed by atoms with van der Waals surface area (Å²) in [5.74, 6) is -1.05. The summed E-state index contributed by atoms with van der Waals surface area (Å²) in [4.78, 5) is 27.2. The highest BCUT2D eigenvalue weighted by atomic mass is 32.2. The van der Waals surface area contributed by atoms with E-state index in [0.29, 0.717) is 19.6 Å². The lowest BCUT2D eigenvalue weighted by Gasteiger charge is -2.20. The number of amides is 1. The third kappa shape index (κ3) is 5.68. The van der Waals surface area contributed by atoms with Crippen LogP contribution in [0.15, 0.2) is 46.7 Å². The molecule has 2 heterocycles. The van der Waals surface area contributed by atoms with Gasteiger partial charge in [0.25, 0.3) is 5.91 Å². The molecule has 0 atom stereocenters. The molecule has 1 saturated heterocycles. The Morgan fingerprint density at radius 3 is 2.50 bits per heavy atom. The van der Waals surface area contributed by atoms with Gasteiger partial charge in [-0.05, 0) is 42.5 Å². The fourth-order valence-electron chi connectivity index (χ4n) is 3.26. The highest BCUT2D eigenvalue weighted by Crippen LogP contribution is 2.21. The molecule has 0 radical (unpaired) electrons. The predicted molar refractivity (Wildman–Crippen MR) is 115 cm³/mol. The highest BCUT2D eigenvalue weighted by molar-refractivity contribution is 7.89. The quantitative estimate of drug-likeness (QED) is 0.605. The van der Waals surface area contributed by atoms with Gasteiger partial charge in [-0.2, -0.15) is 4.31 Å². The maximum Gasteiger partial charge on any atom is 0.338 e. The van der Waals surface area contributed by atoms with E-state index in [0.717, 1.165) is 30.6 Å². The molecule has 0 saturated carbocycles. The molecule has 0 unspecified atom stereocenters. The van der Waals surface area contributed by atoms with Gasteiger partial charge in [-0.25, -0.2) is 13.2 Å². The first-order valence-electron chi connectivity index (χ1n) is 9.91. The second kappa shape index (κ2) is 10.2. The number of ether oxygens (including phenoxy) is 1. The predicted octanol–water partition coefficient (Wildman–Crippen LogP) is 3.13. The van der Waals surface area contributed by atoms with E-state index in [1.165, 1.54) is 33.5 Å². The second-order valence-corrected chi connectivity index (χ2v) is 10.2. The van der Waals surface area contributed by atoms with Crippen LogP contribution in [0.3, 0.4) is 0 Å². The summed E-state index contributed by atoms with van der Waals surface area (Å²) in [6.45, 7) is 1.02. The molecule has 0 spiro atoms. The molecular formula is C21H26N2O5S2. The lowest BCUT2D eigenvalue weighted by molar-refractivity contribution is -0.133. The number of carbonyl (C=O) groups is 2. The minimum absolute atomic E-state index is 0.0694. The van der Waals surface area contributed by atoms with Crippen molar-refractivity contribution >= 4 is 33.2 Å². The van der Waals surface area contributed by atoms with Gasteiger partial charge >= 0.3 is 5.97 Å². The molecule has 1 aliphatic rings. The smallest absolute Gasteiger partial charge is 0.338 e. The van der Waals surface area contributed by atoms with Crippen LogP contribution in [0, 0.1) is 0 Å². The van der Waals surface area contributed by atoms with Crippen molar-refractivity contribution in [2.24, 2.45) is 0 Å². The SMILES string of the molecule is CN(Cc1cccs1)C(=O)COC(=O)c1cccc(S(=O)(=O)N2CCCCCC2)c1. The van der Waals surface area contributed by atoms with Crippen molar-refractivity contribution < 1.29 is 22.7 Å². The molecule has 0 aliphatic carbocycles. The van der Waals surface area contributed by atoms with E-state index in [4.69, 9.17) is 4.74 Å². The molecule has 0 bridgehead atoms. The van der Waals surface area contributed by atoms with Crippen LogP contribution in [0.2, 0.25) is 0 Å². The van der Waals surface area contributed by atoms with Crippen LogP contribution in [0.5, 0.6) is 0 Å². The fraction of sp³-hybridized carbons (Fsp3) is 0.429. The van der Waals surface area contributed by atoms with Crippen molar-refractivity contribution in [1.29, 1.82) is 0 Å². The van der Waals surface area contributed by atoms with E-state index in [1.54, 1.807) is 18.4 Å². The number of rotatable bonds is 7. The molecule has 1 aromatic carbocycles. The van der Waals surface area contributed by atoms with E-state index in [9.17, 15) is 18.0 Å². The van der Waals surface area contributed by atoms with Gasteiger partial charge in [0.15, 0.2) is 6.61 Å². The molecule has 7 nitrogen and oxygen atoms in total. The van der Waals surface area contributed by atoms with Crippen LogP contribution in [0.25, 0.3) is 0 Å². The van der Waals surface area contributed by atoms with Gasteiger partial charge in [0.1, 0.15) is 0 Å². The Morgan fingerprint density at radius 1 is 1.10 bits per heavy atom. The van der Waals surface area contributed by atoms with Crippen molar-refractivity contribution in [1.82, 2.24) is 9.21 Å². The number of carbonyl (C=O) groups excluding carboxylic acids is 2. The fourth-order valence-corrected chi connectivity index (χ4v) is 5.58. The number of likely N-dealkylation sites (N-methyl/N-ethyl adjacent to an activating group) is 1. The third-order valence-electron chi connectivity index (χ3n) is 5.00. The first-order chi connectivity index (χ1) is 14.4. The van der Waals surface area contributed by atoms with Crippen molar-refractivity contribution in [2.75, 3.05) is 26.7 Å². The van der Waals surface area contributed by atoms with Gasteiger partial charge in [0, 0.05) is 25.0 Å². The largest absolute Gasteiger partial charge is 0.452 e. The van der Waals surface area contributed by atoms with Crippen molar-refractivity contribution in [3.8, 4) is 0 Å². The molecule has 1 fully saturated rings. The Bertz CT molecular complexity index is 965. The standard InChI is InChI=1S/C21H26N2O5S2/c1-22(15-18-9-7-13-29-18)20(24)16-28-21(25)17-8-6-10-19(14-17)30(26,27)23-11-4-2-3-5-12-23/h6-10,13-14H,2-5,11-12,15-16H2,1H3. The highest BCUT2D eigenvalue weighted by Gasteiger charge is 2.26. The minimum Gasteiger partial charge on any atom is -0.452 e. The number of nitrogens with zero attached hydrogens (tertiary/aromatic N) is 2. The second-order valence-electron chi connectivity index (χ2n) is 7.25. The summed E-state index contributed by atoms with van der Waals surface area (Å²) in [5.41, 5.74) is 0.111. The van der Waals surface area contributed by atoms with Crippen molar-refractivity contribution in [3.05, 3.63) is 52.2 Å². The first kappa shape index (κ1) is 22.5. The maximum absolute atomic E-state index is 12.9. The van der Waals surface area contributed by atoms with Gasteiger partial charge < -0.3 is 9.64 Å². The lowest BCUT2D eigenvalue weighted by Crippen LogP contribution is -2.32. The summed E-state index contributed by atoms with van der Waals surface area (Å²) < 4.78 is 32.5. The monoisotopic (exact) mass is 450 g/mol. The number of hydrogen-bond acceptors (Lipinski definition) is 6. The average Bonchev–Trinajstić information content (AvgIpc) is 3.09. The molecule has 1 amide bonds. The Hall–Kier alpha value is -2.23. The van der Waals surface area contributed by atoms with E-state index < -0.39 is 22.6 Å². The molecule has 2 aromatic rings. The van der Waals surface area contributed by atoms with E-state index >= 15 is 0 Å². The summed E-state index contributed by atoms with van der Waals surface area (Å²) in [7, 11) is -2.02. The van der Waals surface area contributed by atoms with Crippen LogP contribution in [0.4, 0.5) is 0 Å². The zero-order chi connectivity index (χ0) is 21.6. The molecule has 1 aromatic heterocycles. The molecule has 30 heavy (non-hydrogen) atoms. The Kier molecular flexibility index (Phi) is 7.63. The van der Waals surface area contributed by atoms with Crippen LogP contribution < -0.4 is 0 Å². The molecular weight excluding hydrogens is 424 g/mol. The van der Waals surface area contributed by atoms with Gasteiger partial charge in [0.05, 0.1) is 17.0 Å². The Labute approximate surface area is 181 Å². The third-order valence-corrected chi connectivity index (χ3v) is 7.75. The lowest BCUT2D eigenvalue weighted by atomic mass is 10.2. The molecule has 0 N–H and O–H groups in total. The summed E-state index contributed by atoms with van der Waals surface area (Å²) >= 11 is 1.54. The zero-order valence-corrected chi connectivity index (χ0v) is 18.6. The van der Waals surface area contributed by atoms with E-state index in [2.05, 4.69) is 0 Å². The zero-order valence-electron chi connectivity index (χ0n) is 17.0. The van der Waals surface area contributed by atoms with E-state index in [1.807, 2.05) is 17.5 Å². The van der Waals surface area contributed by atoms with Crippen molar-refractivity contribution in [2.45, 2.75) is 37.1 Å². The molecule has 162 valence electrons.